The number of hydrogen-bond acceptors (Lipinski definition) is 3. The van der Waals surface area contributed by atoms with Crippen LogP contribution in [-0.4, -0.2) is 20.1 Å². The van der Waals surface area contributed by atoms with Crippen molar-refractivity contribution in [2.75, 3.05) is 19.5 Å². The lowest BCUT2D eigenvalue weighted by molar-refractivity contribution is -0.114. The first-order chi connectivity index (χ1) is 7.90. The van der Waals surface area contributed by atoms with E-state index < -0.39 is 0 Å². The third-order valence-corrected chi connectivity index (χ3v) is 2.82. The number of rotatable bonds is 4. The number of hydrogen-bond donors (Lipinski definition) is 2. The highest BCUT2D eigenvalue weighted by atomic mass is 16.5. The first-order valence-electron chi connectivity index (χ1n) is 5.55. The smallest absolute Gasteiger partial charge is 0.221 e. The van der Waals surface area contributed by atoms with Crippen LogP contribution in [0.25, 0.3) is 0 Å². The molecule has 0 saturated carbocycles. The lowest BCUT2D eigenvalue weighted by atomic mass is 9.93. The fourth-order valence-corrected chi connectivity index (χ4v) is 1.61. The molecule has 17 heavy (non-hydrogen) atoms. The normalized spacial score (nSPS) is 11.1. The molecule has 1 aromatic carbocycles. The molecule has 0 radical (unpaired) electrons. The number of ether oxygens (including phenoxy) is 1. The van der Waals surface area contributed by atoms with Crippen LogP contribution in [0.1, 0.15) is 26.3 Å². The monoisotopic (exact) mass is 236 g/mol. The highest BCUT2D eigenvalue weighted by molar-refractivity contribution is 5.88. The Hall–Kier alpha value is -1.55. The summed E-state index contributed by atoms with van der Waals surface area (Å²) in [7, 11) is 3.53. The number of carbonyl (C=O) groups is 1. The zero-order valence-electron chi connectivity index (χ0n) is 11.0. The second kappa shape index (κ2) is 5.19. The molecule has 0 aliphatic heterocycles. The minimum atomic E-state index is -0.222. The second-order valence-electron chi connectivity index (χ2n) is 4.47. The van der Waals surface area contributed by atoms with E-state index in [1.54, 1.807) is 7.11 Å². The van der Waals surface area contributed by atoms with Crippen molar-refractivity contribution in [3.63, 3.8) is 0 Å². The van der Waals surface area contributed by atoms with Crippen molar-refractivity contribution >= 4 is 11.6 Å². The third-order valence-electron chi connectivity index (χ3n) is 2.82. The predicted octanol–water partition coefficient (Wildman–Crippen LogP) is 2.11. The summed E-state index contributed by atoms with van der Waals surface area (Å²) in [5, 5.41) is 5.99. The van der Waals surface area contributed by atoms with Gasteiger partial charge in [0.2, 0.25) is 5.91 Å². The largest absolute Gasteiger partial charge is 0.496 e. The molecule has 0 bridgehead atoms. The Morgan fingerprint density at radius 2 is 2.00 bits per heavy atom. The van der Waals surface area contributed by atoms with Crippen LogP contribution in [0.3, 0.4) is 0 Å². The summed E-state index contributed by atoms with van der Waals surface area (Å²) in [5.41, 5.74) is 1.56. The maximum Gasteiger partial charge on any atom is 0.221 e. The van der Waals surface area contributed by atoms with Crippen molar-refractivity contribution < 1.29 is 9.53 Å². The second-order valence-corrected chi connectivity index (χ2v) is 4.47. The summed E-state index contributed by atoms with van der Waals surface area (Å²) in [6.07, 6.45) is 0. The van der Waals surface area contributed by atoms with Crippen LogP contribution in [0.4, 0.5) is 5.69 Å². The molecule has 94 valence electrons. The molecule has 0 aromatic heterocycles. The van der Waals surface area contributed by atoms with Crippen molar-refractivity contribution in [1.29, 1.82) is 0 Å². The predicted molar refractivity (Wildman–Crippen MR) is 69.4 cm³/mol. The summed E-state index contributed by atoms with van der Waals surface area (Å²) in [6.45, 7) is 5.61. The van der Waals surface area contributed by atoms with Gasteiger partial charge in [0, 0.05) is 23.7 Å². The summed E-state index contributed by atoms with van der Waals surface area (Å²) in [6, 6.07) is 5.62. The van der Waals surface area contributed by atoms with Gasteiger partial charge in [-0.05, 0) is 39.1 Å². The first-order valence-corrected chi connectivity index (χ1v) is 5.55. The fourth-order valence-electron chi connectivity index (χ4n) is 1.61. The van der Waals surface area contributed by atoms with Gasteiger partial charge in [-0.15, -0.1) is 0 Å². The van der Waals surface area contributed by atoms with Gasteiger partial charge in [-0.2, -0.15) is 0 Å². The Balaban J connectivity index is 3.19. The average molecular weight is 236 g/mol. The van der Waals surface area contributed by atoms with E-state index in [4.69, 9.17) is 4.74 Å². The lowest BCUT2D eigenvalue weighted by Gasteiger charge is -2.27. The maximum atomic E-state index is 11.0. The summed E-state index contributed by atoms with van der Waals surface area (Å²) in [4.78, 5) is 11.0. The highest BCUT2D eigenvalue weighted by Crippen LogP contribution is 2.31. The fraction of sp³-hybridized carbons (Fsp3) is 0.462. The van der Waals surface area contributed by atoms with E-state index in [9.17, 15) is 4.79 Å². The quantitative estimate of drug-likeness (QED) is 0.841. The molecule has 2 N–H and O–H groups in total. The molecule has 4 nitrogen and oxygen atoms in total. The molecular weight excluding hydrogens is 216 g/mol. The number of benzene rings is 1. The molecule has 0 spiro atoms. The standard InChI is InChI=1S/C13H20N2O2/c1-9(16)15-10-6-7-12(17-5)11(8-10)13(2,3)14-4/h6-8,14H,1-5H3,(H,15,16). The molecule has 1 aromatic rings. The van der Waals surface area contributed by atoms with Crippen LogP contribution < -0.4 is 15.4 Å². The minimum absolute atomic E-state index is 0.0802. The summed E-state index contributed by atoms with van der Waals surface area (Å²) in [5.74, 6) is 0.724. The molecule has 1 amide bonds. The Morgan fingerprint density at radius 3 is 2.47 bits per heavy atom. The van der Waals surface area contributed by atoms with Gasteiger partial charge in [-0.25, -0.2) is 0 Å². The van der Waals surface area contributed by atoms with Gasteiger partial charge in [0.25, 0.3) is 0 Å². The Morgan fingerprint density at radius 1 is 1.35 bits per heavy atom. The van der Waals surface area contributed by atoms with Crippen molar-refractivity contribution in [1.82, 2.24) is 5.32 Å². The van der Waals surface area contributed by atoms with Gasteiger partial charge in [0.1, 0.15) is 5.75 Å². The van der Waals surface area contributed by atoms with E-state index in [0.29, 0.717) is 0 Å². The number of amides is 1. The van der Waals surface area contributed by atoms with Gasteiger partial charge in [0.05, 0.1) is 7.11 Å². The van der Waals surface area contributed by atoms with Crippen LogP contribution in [0.15, 0.2) is 18.2 Å². The molecular formula is C13H20N2O2. The van der Waals surface area contributed by atoms with Gasteiger partial charge >= 0.3 is 0 Å². The average Bonchev–Trinajstić information content (AvgIpc) is 2.28. The topological polar surface area (TPSA) is 50.4 Å². The summed E-state index contributed by atoms with van der Waals surface area (Å²) < 4.78 is 5.34. The van der Waals surface area contributed by atoms with Gasteiger partial charge in [0.15, 0.2) is 0 Å². The van der Waals surface area contributed by atoms with Gasteiger partial charge in [-0.1, -0.05) is 0 Å². The maximum absolute atomic E-state index is 11.0. The molecule has 0 fully saturated rings. The number of carbonyl (C=O) groups excluding carboxylic acids is 1. The number of methoxy groups -OCH3 is 1. The third kappa shape index (κ3) is 3.20. The zero-order valence-corrected chi connectivity index (χ0v) is 11.0. The van der Waals surface area contributed by atoms with Crippen LogP contribution in [-0.2, 0) is 10.3 Å². The van der Waals surface area contributed by atoms with Gasteiger partial charge < -0.3 is 15.4 Å². The molecule has 1 rings (SSSR count). The van der Waals surface area contributed by atoms with Crippen LogP contribution in [0, 0.1) is 0 Å². The molecule has 4 heteroatoms. The number of nitrogens with one attached hydrogen (secondary N) is 2. The zero-order chi connectivity index (χ0) is 13.1. The Labute approximate surface area is 102 Å². The number of anilines is 1. The van der Waals surface area contributed by atoms with E-state index >= 15 is 0 Å². The van der Waals surface area contributed by atoms with Crippen molar-refractivity contribution in [2.45, 2.75) is 26.3 Å². The van der Waals surface area contributed by atoms with E-state index in [-0.39, 0.29) is 11.4 Å². The molecule has 0 unspecified atom stereocenters. The van der Waals surface area contributed by atoms with E-state index in [0.717, 1.165) is 17.0 Å². The minimum Gasteiger partial charge on any atom is -0.496 e. The highest BCUT2D eigenvalue weighted by Gasteiger charge is 2.22. The summed E-state index contributed by atoms with van der Waals surface area (Å²) >= 11 is 0. The van der Waals surface area contributed by atoms with E-state index in [1.807, 2.05) is 25.2 Å². The molecule has 0 aliphatic carbocycles. The lowest BCUT2D eigenvalue weighted by Crippen LogP contribution is -2.33. The SMILES string of the molecule is CNC(C)(C)c1cc(NC(C)=O)ccc1OC. The molecule has 0 heterocycles. The molecule has 0 saturated heterocycles. The Bertz CT molecular complexity index is 414. The van der Waals surface area contributed by atoms with Crippen LogP contribution in [0.2, 0.25) is 0 Å². The van der Waals surface area contributed by atoms with Crippen LogP contribution >= 0.6 is 0 Å². The first kappa shape index (κ1) is 13.5. The van der Waals surface area contributed by atoms with E-state index in [1.165, 1.54) is 6.92 Å². The van der Waals surface area contributed by atoms with E-state index in [2.05, 4.69) is 24.5 Å². The molecule has 0 aliphatic rings. The Kier molecular flexibility index (Phi) is 4.12. The van der Waals surface area contributed by atoms with Crippen LogP contribution in [0.5, 0.6) is 5.75 Å². The van der Waals surface area contributed by atoms with Crippen molar-refractivity contribution in [3.8, 4) is 5.75 Å². The van der Waals surface area contributed by atoms with Crippen molar-refractivity contribution in [2.24, 2.45) is 0 Å². The van der Waals surface area contributed by atoms with Crippen molar-refractivity contribution in [3.05, 3.63) is 23.8 Å². The van der Waals surface area contributed by atoms with Gasteiger partial charge in [-0.3, -0.25) is 4.79 Å². The molecule has 0 atom stereocenters.